The van der Waals surface area contributed by atoms with Crippen molar-refractivity contribution in [3.63, 3.8) is 0 Å². The predicted octanol–water partition coefficient (Wildman–Crippen LogP) is 1.40. The van der Waals surface area contributed by atoms with Crippen molar-refractivity contribution in [1.29, 1.82) is 0 Å². The van der Waals surface area contributed by atoms with E-state index in [4.69, 9.17) is 0 Å². The van der Waals surface area contributed by atoms with Crippen molar-refractivity contribution < 1.29 is 4.79 Å². The topological polar surface area (TPSA) is 49.3 Å². The molecule has 1 aliphatic heterocycles. The van der Waals surface area contributed by atoms with Gasteiger partial charge in [-0.05, 0) is 51.8 Å². The minimum Gasteiger partial charge on any atom is -0.338 e. The molecule has 0 spiro atoms. The van der Waals surface area contributed by atoms with Crippen LogP contribution in [0, 0.1) is 6.92 Å². The molecule has 0 radical (unpaired) electrons. The zero-order valence-corrected chi connectivity index (χ0v) is 12.0. The summed E-state index contributed by atoms with van der Waals surface area (Å²) in [5.74, 6) is 0.0990. The smallest absolute Gasteiger partial charge is 0.267 e. The van der Waals surface area contributed by atoms with Crippen molar-refractivity contribution in [2.24, 2.45) is 0 Å². The quantitative estimate of drug-likeness (QED) is 0.813. The number of amides is 1. The van der Waals surface area contributed by atoms with Gasteiger partial charge in [0.2, 0.25) is 0 Å². The monoisotopic (exact) mass is 268 g/mol. The summed E-state index contributed by atoms with van der Waals surface area (Å²) in [6.45, 7) is 3.52. The van der Waals surface area contributed by atoms with E-state index in [1.807, 2.05) is 11.8 Å². The van der Waals surface area contributed by atoms with E-state index < -0.39 is 0 Å². The molecule has 1 aromatic heterocycles. The van der Waals surface area contributed by atoms with Gasteiger partial charge >= 0.3 is 0 Å². The average molecular weight is 268 g/mol. The van der Waals surface area contributed by atoms with Crippen LogP contribution in [0.25, 0.3) is 0 Å². The van der Waals surface area contributed by atoms with Crippen LogP contribution in [0.15, 0.2) is 0 Å². The molecule has 1 saturated heterocycles. The van der Waals surface area contributed by atoms with Gasteiger partial charge < -0.3 is 9.80 Å². The molecule has 2 heterocycles. The van der Waals surface area contributed by atoms with Crippen molar-refractivity contribution in [1.82, 2.24) is 19.4 Å². The molecule has 0 saturated carbocycles. The maximum Gasteiger partial charge on any atom is 0.267 e. The van der Waals surface area contributed by atoms with Gasteiger partial charge in [-0.15, -0.1) is 5.10 Å². The summed E-state index contributed by atoms with van der Waals surface area (Å²) in [7, 11) is 4.22. The van der Waals surface area contributed by atoms with E-state index in [1.165, 1.54) is 11.5 Å². The Hall–Kier alpha value is -1.01. The minimum absolute atomic E-state index is 0.0990. The Morgan fingerprint density at radius 1 is 1.39 bits per heavy atom. The molecule has 0 N–H and O–H groups in total. The third-order valence-electron chi connectivity index (χ3n) is 3.56. The van der Waals surface area contributed by atoms with Crippen molar-refractivity contribution in [3.8, 4) is 0 Å². The molecule has 6 heteroatoms. The molecule has 2 rings (SSSR count). The van der Waals surface area contributed by atoms with E-state index in [1.54, 1.807) is 0 Å². The van der Waals surface area contributed by atoms with Crippen LogP contribution in [-0.4, -0.2) is 58.5 Å². The van der Waals surface area contributed by atoms with Crippen molar-refractivity contribution in [3.05, 3.63) is 10.6 Å². The van der Waals surface area contributed by atoms with Crippen LogP contribution in [0.5, 0.6) is 0 Å². The van der Waals surface area contributed by atoms with Gasteiger partial charge in [0.1, 0.15) is 4.88 Å². The van der Waals surface area contributed by atoms with Crippen molar-refractivity contribution in [2.45, 2.75) is 32.2 Å². The summed E-state index contributed by atoms with van der Waals surface area (Å²) in [4.78, 5) is 17.3. The highest BCUT2D eigenvalue weighted by Gasteiger charge is 2.24. The molecule has 1 fully saturated rings. The number of nitrogens with zero attached hydrogens (tertiary/aromatic N) is 4. The zero-order chi connectivity index (χ0) is 13.1. The summed E-state index contributed by atoms with van der Waals surface area (Å²) in [6.07, 6.45) is 3.28. The van der Waals surface area contributed by atoms with Gasteiger partial charge in [0.05, 0.1) is 5.69 Å². The lowest BCUT2D eigenvalue weighted by Gasteiger charge is -2.23. The average Bonchev–Trinajstić information content (AvgIpc) is 2.63. The van der Waals surface area contributed by atoms with Crippen molar-refractivity contribution in [2.75, 3.05) is 27.2 Å². The van der Waals surface area contributed by atoms with Crippen LogP contribution in [0.3, 0.4) is 0 Å². The Labute approximate surface area is 112 Å². The number of likely N-dealkylation sites (tertiary alicyclic amines) is 1. The second-order valence-corrected chi connectivity index (χ2v) is 5.78. The lowest BCUT2D eigenvalue weighted by molar-refractivity contribution is 0.0762. The fourth-order valence-electron chi connectivity index (χ4n) is 2.37. The largest absolute Gasteiger partial charge is 0.338 e. The normalized spacial score (nSPS) is 21.1. The summed E-state index contributed by atoms with van der Waals surface area (Å²) in [5, 5.41) is 3.91. The second-order valence-electron chi connectivity index (χ2n) is 5.03. The van der Waals surface area contributed by atoms with Crippen molar-refractivity contribution >= 4 is 17.4 Å². The molecule has 1 aromatic rings. The molecule has 0 bridgehead atoms. The fraction of sp³-hybridized carbons (Fsp3) is 0.750. The van der Waals surface area contributed by atoms with Crippen LogP contribution in [0.1, 0.15) is 34.6 Å². The van der Waals surface area contributed by atoms with Crippen LogP contribution in [0.2, 0.25) is 0 Å². The standard InChI is InChI=1S/C12H20N4OS/c1-9-11(18-14-13-9)12(17)16-7-4-5-10(6-8-16)15(2)3/h10H,4-8H2,1-3H3/t10-/m1/s1. The Morgan fingerprint density at radius 3 is 2.78 bits per heavy atom. The predicted molar refractivity (Wildman–Crippen MR) is 71.9 cm³/mol. The van der Waals surface area contributed by atoms with E-state index in [0.29, 0.717) is 10.9 Å². The Morgan fingerprint density at radius 2 is 2.17 bits per heavy atom. The molecule has 5 nitrogen and oxygen atoms in total. The summed E-state index contributed by atoms with van der Waals surface area (Å²) in [5.41, 5.74) is 0.749. The van der Waals surface area contributed by atoms with E-state index >= 15 is 0 Å². The van der Waals surface area contributed by atoms with Gasteiger partial charge in [0.15, 0.2) is 0 Å². The van der Waals surface area contributed by atoms with E-state index in [-0.39, 0.29) is 5.91 Å². The Balaban J connectivity index is 2.02. The molecular formula is C12H20N4OS. The van der Waals surface area contributed by atoms with Gasteiger partial charge in [-0.1, -0.05) is 4.49 Å². The van der Waals surface area contributed by atoms with Gasteiger partial charge in [-0.3, -0.25) is 4.79 Å². The number of rotatable bonds is 2. The SMILES string of the molecule is Cc1nnsc1C(=O)N1CCC[C@@H](N(C)C)CC1. The first kappa shape index (κ1) is 13.4. The number of carbonyl (C=O) groups excluding carboxylic acids is 1. The number of aromatic nitrogens is 2. The molecular weight excluding hydrogens is 248 g/mol. The lowest BCUT2D eigenvalue weighted by atomic mass is 10.1. The summed E-state index contributed by atoms with van der Waals surface area (Å²) in [6, 6.07) is 0.587. The number of carbonyl (C=O) groups is 1. The molecule has 100 valence electrons. The molecule has 0 unspecified atom stereocenters. The molecule has 1 aliphatic rings. The van der Waals surface area contributed by atoms with Crippen LogP contribution in [0.4, 0.5) is 0 Å². The first-order valence-electron chi connectivity index (χ1n) is 6.34. The van der Waals surface area contributed by atoms with E-state index in [2.05, 4.69) is 28.6 Å². The van der Waals surface area contributed by atoms with Gasteiger partial charge in [0.25, 0.3) is 5.91 Å². The van der Waals surface area contributed by atoms with Gasteiger partial charge in [0, 0.05) is 19.1 Å². The summed E-state index contributed by atoms with van der Waals surface area (Å²) >= 11 is 1.20. The fourth-order valence-corrected chi connectivity index (χ4v) is 2.99. The maximum atomic E-state index is 12.4. The Bertz CT molecular complexity index is 418. The number of hydrogen-bond donors (Lipinski definition) is 0. The molecule has 1 amide bonds. The molecule has 0 aliphatic carbocycles. The van der Waals surface area contributed by atoms with Gasteiger partial charge in [-0.2, -0.15) is 0 Å². The number of aryl methyl sites for hydroxylation is 1. The highest BCUT2D eigenvalue weighted by atomic mass is 32.1. The van der Waals surface area contributed by atoms with Gasteiger partial charge in [-0.25, -0.2) is 0 Å². The second kappa shape index (κ2) is 5.75. The zero-order valence-electron chi connectivity index (χ0n) is 11.2. The molecule has 1 atom stereocenters. The summed E-state index contributed by atoms with van der Waals surface area (Å²) < 4.78 is 3.84. The first-order chi connectivity index (χ1) is 8.59. The maximum absolute atomic E-state index is 12.4. The number of hydrogen-bond acceptors (Lipinski definition) is 5. The minimum atomic E-state index is 0.0990. The molecule has 18 heavy (non-hydrogen) atoms. The Kier molecular flexibility index (Phi) is 4.29. The van der Waals surface area contributed by atoms with Crippen LogP contribution in [-0.2, 0) is 0 Å². The first-order valence-corrected chi connectivity index (χ1v) is 7.11. The van der Waals surface area contributed by atoms with E-state index in [0.717, 1.165) is 38.0 Å². The lowest BCUT2D eigenvalue weighted by Crippen LogP contribution is -2.33. The van der Waals surface area contributed by atoms with Crippen LogP contribution < -0.4 is 0 Å². The highest BCUT2D eigenvalue weighted by molar-refractivity contribution is 7.07. The highest BCUT2D eigenvalue weighted by Crippen LogP contribution is 2.19. The van der Waals surface area contributed by atoms with Crippen LogP contribution >= 0.6 is 11.5 Å². The third kappa shape index (κ3) is 2.87. The molecule has 0 aromatic carbocycles. The third-order valence-corrected chi connectivity index (χ3v) is 4.38. The van der Waals surface area contributed by atoms with E-state index in [9.17, 15) is 4.79 Å².